The van der Waals surface area contributed by atoms with Crippen LogP contribution in [0.1, 0.15) is 24.6 Å². The molecular formula is C14H14ClN3O. The third kappa shape index (κ3) is 2.25. The fourth-order valence-corrected chi connectivity index (χ4v) is 2.36. The number of hydrogen-bond acceptors (Lipinski definition) is 3. The number of hydrogen-bond donors (Lipinski definition) is 1. The van der Waals surface area contributed by atoms with Gasteiger partial charge in [0, 0.05) is 5.02 Å². The highest BCUT2D eigenvalue weighted by Gasteiger charge is 2.15. The van der Waals surface area contributed by atoms with E-state index in [1.807, 2.05) is 37.3 Å². The van der Waals surface area contributed by atoms with E-state index >= 15 is 0 Å². The van der Waals surface area contributed by atoms with Crippen molar-refractivity contribution >= 4 is 22.6 Å². The van der Waals surface area contributed by atoms with Crippen LogP contribution in [0.4, 0.5) is 0 Å². The lowest BCUT2D eigenvalue weighted by molar-refractivity contribution is 0.488. The van der Waals surface area contributed by atoms with Gasteiger partial charge >= 0.3 is 0 Å². The minimum Gasteiger partial charge on any atom is -0.467 e. The minimum atomic E-state index is -0.152. The molecule has 2 aromatic heterocycles. The normalized spacial score (nSPS) is 13.0. The predicted octanol–water partition coefficient (Wildman–Crippen LogP) is 3.35. The number of furan rings is 1. The standard InChI is InChI=1S/C14H14ClN3O/c1-9(16)14-17-12-7-10(15)4-5-13(12)18(14)8-11-3-2-6-19-11/h2-7,9H,8,16H2,1H3. The molecule has 2 N–H and O–H groups in total. The molecule has 0 saturated carbocycles. The van der Waals surface area contributed by atoms with Crippen LogP contribution >= 0.6 is 11.6 Å². The van der Waals surface area contributed by atoms with Crippen LogP contribution in [0.5, 0.6) is 0 Å². The van der Waals surface area contributed by atoms with E-state index in [0.717, 1.165) is 22.6 Å². The van der Waals surface area contributed by atoms with Crippen LogP contribution in [-0.2, 0) is 6.54 Å². The van der Waals surface area contributed by atoms with Crippen molar-refractivity contribution in [3.63, 3.8) is 0 Å². The molecule has 1 aromatic carbocycles. The molecule has 0 aliphatic rings. The molecule has 2 heterocycles. The molecule has 98 valence electrons. The van der Waals surface area contributed by atoms with E-state index in [1.165, 1.54) is 0 Å². The van der Waals surface area contributed by atoms with Gasteiger partial charge in [-0.3, -0.25) is 0 Å². The molecule has 4 nitrogen and oxygen atoms in total. The molecule has 0 aliphatic carbocycles. The molecule has 5 heteroatoms. The van der Waals surface area contributed by atoms with Crippen molar-refractivity contribution in [2.45, 2.75) is 19.5 Å². The Kier molecular flexibility index (Phi) is 3.05. The zero-order valence-electron chi connectivity index (χ0n) is 10.5. The van der Waals surface area contributed by atoms with Gasteiger partial charge in [0.25, 0.3) is 0 Å². The molecule has 0 fully saturated rings. The van der Waals surface area contributed by atoms with Gasteiger partial charge in [0.05, 0.1) is 29.9 Å². The van der Waals surface area contributed by atoms with Crippen LogP contribution in [-0.4, -0.2) is 9.55 Å². The number of imidazole rings is 1. The summed E-state index contributed by atoms with van der Waals surface area (Å²) in [5, 5.41) is 0.673. The first-order valence-electron chi connectivity index (χ1n) is 6.09. The molecule has 0 radical (unpaired) electrons. The van der Waals surface area contributed by atoms with Gasteiger partial charge in [0.15, 0.2) is 0 Å². The summed E-state index contributed by atoms with van der Waals surface area (Å²) >= 11 is 6.00. The number of rotatable bonds is 3. The Morgan fingerprint density at radius 3 is 2.95 bits per heavy atom. The largest absolute Gasteiger partial charge is 0.467 e. The summed E-state index contributed by atoms with van der Waals surface area (Å²) in [5.41, 5.74) is 7.86. The number of nitrogens with zero attached hydrogens (tertiary/aromatic N) is 2. The molecule has 0 saturated heterocycles. The highest BCUT2D eigenvalue weighted by Crippen LogP contribution is 2.24. The number of nitrogens with two attached hydrogens (primary N) is 1. The van der Waals surface area contributed by atoms with E-state index in [0.29, 0.717) is 11.6 Å². The molecule has 0 bridgehead atoms. The molecular weight excluding hydrogens is 262 g/mol. The van der Waals surface area contributed by atoms with E-state index in [4.69, 9.17) is 21.8 Å². The average Bonchev–Trinajstić information content (AvgIpc) is 2.97. The second-order valence-corrected chi connectivity index (χ2v) is 4.99. The van der Waals surface area contributed by atoms with Crippen LogP contribution < -0.4 is 5.73 Å². The van der Waals surface area contributed by atoms with Gasteiger partial charge in [-0.15, -0.1) is 0 Å². The summed E-state index contributed by atoms with van der Waals surface area (Å²) in [6.07, 6.45) is 1.66. The van der Waals surface area contributed by atoms with Crippen molar-refractivity contribution in [3.05, 3.63) is 53.2 Å². The molecule has 0 spiro atoms. The van der Waals surface area contributed by atoms with Crippen molar-refractivity contribution in [3.8, 4) is 0 Å². The quantitative estimate of drug-likeness (QED) is 0.797. The summed E-state index contributed by atoms with van der Waals surface area (Å²) in [6.45, 7) is 2.53. The first kappa shape index (κ1) is 12.3. The third-order valence-electron chi connectivity index (χ3n) is 3.04. The van der Waals surface area contributed by atoms with E-state index in [1.54, 1.807) is 6.26 Å². The summed E-state index contributed by atoms with van der Waals surface area (Å²) in [6, 6.07) is 9.32. The SMILES string of the molecule is CC(N)c1nc2cc(Cl)ccc2n1Cc1ccco1. The predicted molar refractivity (Wildman–Crippen MR) is 75.2 cm³/mol. The van der Waals surface area contributed by atoms with Crippen LogP contribution in [0.2, 0.25) is 5.02 Å². The number of fused-ring (bicyclic) bond motifs is 1. The van der Waals surface area contributed by atoms with Gasteiger partial charge in [0.2, 0.25) is 0 Å². The zero-order chi connectivity index (χ0) is 13.4. The van der Waals surface area contributed by atoms with E-state index < -0.39 is 0 Å². The first-order valence-corrected chi connectivity index (χ1v) is 6.46. The van der Waals surface area contributed by atoms with Crippen molar-refractivity contribution in [2.24, 2.45) is 5.73 Å². The van der Waals surface area contributed by atoms with E-state index in [2.05, 4.69) is 9.55 Å². The third-order valence-corrected chi connectivity index (χ3v) is 3.28. The van der Waals surface area contributed by atoms with Gasteiger partial charge < -0.3 is 14.7 Å². The molecule has 19 heavy (non-hydrogen) atoms. The molecule has 3 rings (SSSR count). The van der Waals surface area contributed by atoms with Crippen molar-refractivity contribution in [2.75, 3.05) is 0 Å². The molecule has 0 aliphatic heterocycles. The maximum Gasteiger partial charge on any atom is 0.127 e. The Balaban J connectivity index is 2.16. The van der Waals surface area contributed by atoms with Gasteiger partial charge in [-0.2, -0.15) is 0 Å². The van der Waals surface area contributed by atoms with Crippen LogP contribution in [0.3, 0.4) is 0 Å². The summed E-state index contributed by atoms with van der Waals surface area (Å²) in [5.74, 6) is 1.70. The Hall–Kier alpha value is -1.78. The lowest BCUT2D eigenvalue weighted by atomic mass is 10.3. The van der Waals surface area contributed by atoms with Crippen molar-refractivity contribution in [1.29, 1.82) is 0 Å². The lowest BCUT2D eigenvalue weighted by Gasteiger charge is -2.09. The Labute approximate surface area is 115 Å². The van der Waals surface area contributed by atoms with Crippen LogP contribution in [0, 0.1) is 0 Å². The Bertz CT molecular complexity index is 701. The van der Waals surface area contributed by atoms with Crippen LogP contribution in [0.25, 0.3) is 11.0 Å². The topological polar surface area (TPSA) is 57.0 Å². The van der Waals surface area contributed by atoms with Crippen molar-refractivity contribution in [1.82, 2.24) is 9.55 Å². The molecule has 1 atom stereocenters. The molecule has 1 unspecified atom stereocenters. The smallest absolute Gasteiger partial charge is 0.127 e. The van der Waals surface area contributed by atoms with Gasteiger partial charge in [-0.05, 0) is 37.3 Å². The fraction of sp³-hybridized carbons (Fsp3) is 0.214. The maximum absolute atomic E-state index is 6.00. The molecule has 0 amide bonds. The monoisotopic (exact) mass is 275 g/mol. The summed E-state index contributed by atoms with van der Waals surface area (Å²) in [4.78, 5) is 4.57. The second-order valence-electron chi connectivity index (χ2n) is 4.56. The first-order chi connectivity index (χ1) is 9.15. The lowest BCUT2D eigenvalue weighted by Crippen LogP contribution is -2.14. The highest BCUT2D eigenvalue weighted by molar-refractivity contribution is 6.31. The van der Waals surface area contributed by atoms with Crippen molar-refractivity contribution < 1.29 is 4.42 Å². The maximum atomic E-state index is 6.00. The Morgan fingerprint density at radius 1 is 1.42 bits per heavy atom. The number of benzene rings is 1. The van der Waals surface area contributed by atoms with Crippen LogP contribution in [0.15, 0.2) is 41.0 Å². The summed E-state index contributed by atoms with van der Waals surface area (Å²) in [7, 11) is 0. The Morgan fingerprint density at radius 2 is 2.26 bits per heavy atom. The van der Waals surface area contributed by atoms with Gasteiger partial charge in [-0.1, -0.05) is 11.6 Å². The number of halogens is 1. The van der Waals surface area contributed by atoms with E-state index in [9.17, 15) is 0 Å². The van der Waals surface area contributed by atoms with E-state index in [-0.39, 0.29) is 6.04 Å². The van der Waals surface area contributed by atoms with Gasteiger partial charge in [-0.25, -0.2) is 4.98 Å². The second kappa shape index (κ2) is 4.72. The minimum absolute atomic E-state index is 0.152. The number of aromatic nitrogens is 2. The van der Waals surface area contributed by atoms with Gasteiger partial charge in [0.1, 0.15) is 11.6 Å². The zero-order valence-corrected chi connectivity index (χ0v) is 11.3. The average molecular weight is 276 g/mol. The summed E-state index contributed by atoms with van der Waals surface area (Å²) < 4.78 is 7.46. The highest BCUT2D eigenvalue weighted by atomic mass is 35.5. The fourth-order valence-electron chi connectivity index (χ4n) is 2.19. The molecule has 3 aromatic rings.